The van der Waals surface area contributed by atoms with Gasteiger partial charge in [0.25, 0.3) is 0 Å². The van der Waals surface area contributed by atoms with Crippen LogP contribution in [-0.2, 0) is 0 Å². The van der Waals surface area contributed by atoms with E-state index in [1.54, 1.807) is 0 Å². The van der Waals surface area contributed by atoms with Crippen LogP contribution in [0.2, 0.25) is 0 Å². The van der Waals surface area contributed by atoms with E-state index in [1.807, 2.05) is 0 Å². The second-order valence-corrected chi connectivity index (χ2v) is 1.14. The van der Waals surface area contributed by atoms with E-state index >= 15 is 0 Å². The van der Waals surface area contributed by atoms with Crippen molar-refractivity contribution in [3.05, 3.63) is 0 Å². The minimum Gasteiger partial charge on any atom is -1.00 e. The molecule has 0 amide bonds. The Hall–Kier alpha value is 0.767. The Morgan fingerprint density at radius 3 is 1.29 bits per heavy atom. The predicted octanol–water partition coefficient (Wildman–Crippen LogP) is -3.46. The molecule has 0 aliphatic heterocycles. The Morgan fingerprint density at radius 2 is 1.29 bits per heavy atom. The predicted molar refractivity (Wildman–Crippen MR) is 23.6 cm³/mol. The molecule has 0 aliphatic rings. The molecule has 0 radical (unpaired) electrons. The molecule has 0 atom stereocenters. The van der Waals surface area contributed by atoms with Crippen LogP contribution < -0.4 is 29.9 Å². The average Bonchev–Trinajstić information content (AvgIpc) is 0.811. The van der Waals surface area contributed by atoms with Crippen LogP contribution in [0.3, 0.4) is 0 Å². The maximum absolute atomic E-state index is 7.68. The quantitative estimate of drug-likeness (QED) is 0.234. The molecule has 0 rings (SSSR count). The summed E-state index contributed by atoms with van der Waals surface area (Å²) in [6, 6.07) is 0. The topological polar surface area (TPSA) is 72.3 Å². The van der Waals surface area contributed by atoms with Crippen LogP contribution in [0.1, 0.15) is 1.43 Å². The van der Waals surface area contributed by atoms with Gasteiger partial charge in [-0.25, -0.2) is 0 Å². The summed E-state index contributed by atoms with van der Waals surface area (Å²) in [7, 11) is -1.62. The fourth-order valence-corrected chi connectivity index (χ4v) is 0. The van der Waals surface area contributed by atoms with Crippen molar-refractivity contribution in [3.8, 4) is 0 Å². The number of hydrogen-bond donors (Lipinski definition) is 3. The van der Waals surface area contributed by atoms with E-state index < -0.39 is 8.45 Å². The van der Waals surface area contributed by atoms with Crippen molar-refractivity contribution < 1.29 is 34.6 Å². The molecular formula is H8F2LiN2OP. The molecule has 44 valence electrons. The van der Waals surface area contributed by atoms with Gasteiger partial charge in [-0.2, -0.15) is 0 Å². The zero-order chi connectivity index (χ0) is 3.58. The molecule has 0 aromatic heterocycles. The molecule has 0 heterocycles. The van der Waals surface area contributed by atoms with Crippen LogP contribution >= 0.6 is 8.45 Å². The number of halogens is 2. The van der Waals surface area contributed by atoms with Crippen molar-refractivity contribution in [1.29, 1.82) is 0 Å². The van der Waals surface area contributed by atoms with E-state index in [1.165, 1.54) is 0 Å². The molecule has 7 heavy (non-hydrogen) atoms. The molecule has 0 saturated carbocycles. The normalized spacial score (nSPS) is 5.14. The Morgan fingerprint density at radius 1 is 1.29 bits per heavy atom. The van der Waals surface area contributed by atoms with E-state index in [-0.39, 0.29) is 29.7 Å². The summed E-state index contributed by atoms with van der Waals surface area (Å²) >= 11 is 0. The third kappa shape index (κ3) is 261. The van der Waals surface area contributed by atoms with Crippen molar-refractivity contribution in [2.45, 2.75) is 0 Å². The second kappa shape index (κ2) is 15.9. The Labute approximate surface area is 54.8 Å². The SMILES string of the molecule is F.F.NP(N)O.[H-].[Li+]. The summed E-state index contributed by atoms with van der Waals surface area (Å²) in [5.41, 5.74) is 9.02. The van der Waals surface area contributed by atoms with Gasteiger partial charge in [0.2, 0.25) is 0 Å². The Kier molecular flexibility index (Phi) is 56.8. The summed E-state index contributed by atoms with van der Waals surface area (Å²) in [6.07, 6.45) is 0. The first-order valence-electron chi connectivity index (χ1n) is 0.716. The molecule has 0 aromatic carbocycles. The van der Waals surface area contributed by atoms with Gasteiger partial charge in [0.15, 0.2) is 8.45 Å². The van der Waals surface area contributed by atoms with Gasteiger partial charge in [-0.15, -0.1) is 0 Å². The molecular weight excluding hydrogens is 120 g/mol. The van der Waals surface area contributed by atoms with Crippen LogP contribution in [0.4, 0.5) is 9.41 Å². The zero-order valence-electron chi connectivity index (χ0n) is 4.87. The van der Waals surface area contributed by atoms with Gasteiger partial charge in [-0.05, 0) is 0 Å². The monoisotopic (exact) mass is 128 g/mol. The van der Waals surface area contributed by atoms with Crippen molar-refractivity contribution in [2.24, 2.45) is 11.0 Å². The van der Waals surface area contributed by atoms with E-state index in [2.05, 4.69) is 11.0 Å². The summed E-state index contributed by atoms with van der Waals surface area (Å²) in [6.45, 7) is 0. The minimum absolute atomic E-state index is 0. The standard InChI is InChI=1S/2FH.Li.H5N2OP.H/c;;;1-4(2)3;/h2*1H;;3H,1-2H2;/q;;+1;;-1. The Balaban J connectivity index is -0.00000000750. The van der Waals surface area contributed by atoms with E-state index in [9.17, 15) is 0 Å². The molecule has 5 N–H and O–H groups in total. The second-order valence-electron chi connectivity index (χ2n) is 0.380. The molecule has 7 heteroatoms. The van der Waals surface area contributed by atoms with Crippen molar-refractivity contribution >= 4 is 8.45 Å². The average molecular weight is 128 g/mol. The number of hydrogen-bond acceptors (Lipinski definition) is 3. The molecule has 0 fully saturated rings. The van der Waals surface area contributed by atoms with Gasteiger partial charge in [0, 0.05) is 0 Å². The van der Waals surface area contributed by atoms with Gasteiger partial charge in [-0.3, -0.25) is 20.4 Å². The largest absolute Gasteiger partial charge is 1.00 e. The van der Waals surface area contributed by atoms with Crippen LogP contribution in [0.5, 0.6) is 0 Å². The van der Waals surface area contributed by atoms with Crippen molar-refractivity contribution in [1.82, 2.24) is 0 Å². The first-order chi connectivity index (χ1) is 1.73. The summed E-state index contributed by atoms with van der Waals surface area (Å²) in [5, 5.41) is 0. The van der Waals surface area contributed by atoms with E-state index in [4.69, 9.17) is 4.89 Å². The molecule has 0 saturated heterocycles. The Bertz CT molecular complexity index is 24.8. The van der Waals surface area contributed by atoms with E-state index in [0.29, 0.717) is 0 Å². The third-order valence-corrected chi connectivity index (χ3v) is 0. The van der Waals surface area contributed by atoms with E-state index in [0.717, 1.165) is 0 Å². The van der Waals surface area contributed by atoms with Gasteiger partial charge >= 0.3 is 18.9 Å². The van der Waals surface area contributed by atoms with Gasteiger partial charge in [0.05, 0.1) is 0 Å². The molecule has 3 nitrogen and oxygen atoms in total. The van der Waals surface area contributed by atoms with Crippen molar-refractivity contribution in [2.75, 3.05) is 0 Å². The number of nitrogens with two attached hydrogens (primary N) is 2. The third-order valence-electron chi connectivity index (χ3n) is 0. The molecule has 0 unspecified atom stereocenters. The maximum atomic E-state index is 7.68. The maximum Gasteiger partial charge on any atom is 1.00 e. The van der Waals surface area contributed by atoms with Crippen LogP contribution in [-0.4, -0.2) is 4.89 Å². The van der Waals surface area contributed by atoms with Gasteiger partial charge in [-0.1, -0.05) is 0 Å². The fourth-order valence-electron chi connectivity index (χ4n) is 0. The van der Waals surface area contributed by atoms with Crippen molar-refractivity contribution in [3.63, 3.8) is 0 Å². The first-order valence-corrected chi connectivity index (χ1v) is 2.15. The summed E-state index contributed by atoms with van der Waals surface area (Å²) < 4.78 is 0. The van der Waals surface area contributed by atoms with Crippen LogP contribution in [0, 0.1) is 0 Å². The summed E-state index contributed by atoms with van der Waals surface area (Å²) in [4.78, 5) is 7.68. The number of rotatable bonds is 0. The molecule has 0 bridgehead atoms. The molecule has 0 spiro atoms. The fraction of sp³-hybridized carbons (Fsp3) is 0. The van der Waals surface area contributed by atoms with Crippen LogP contribution in [0.25, 0.3) is 0 Å². The van der Waals surface area contributed by atoms with Crippen LogP contribution in [0.15, 0.2) is 0 Å². The molecule has 0 aromatic rings. The van der Waals surface area contributed by atoms with Gasteiger partial charge < -0.3 is 6.32 Å². The minimum atomic E-state index is -1.62. The smallest absolute Gasteiger partial charge is 1.00 e. The molecule has 0 aliphatic carbocycles. The van der Waals surface area contributed by atoms with Gasteiger partial charge in [0.1, 0.15) is 0 Å². The summed E-state index contributed by atoms with van der Waals surface area (Å²) in [5.74, 6) is 0. The zero-order valence-corrected chi connectivity index (χ0v) is 4.76. The first kappa shape index (κ1) is 25.1.